The first kappa shape index (κ1) is 10.9. The summed E-state index contributed by atoms with van der Waals surface area (Å²) in [6.07, 6.45) is 3.03. The standard InChI is InChI=1S/C10H16N2O2S/c1-6-3-10(13,4-7(2)14-6)8-5-12-9(11)15-8/h5-7,13H,3-4H2,1-2H3,(H2,11,12). The van der Waals surface area contributed by atoms with Gasteiger partial charge in [-0.05, 0) is 13.8 Å². The summed E-state index contributed by atoms with van der Waals surface area (Å²) in [6.45, 7) is 3.95. The Morgan fingerprint density at radius 2 is 2.13 bits per heavy atom. The third-order valence-corrected chi connectivity index (χ3v) is 3.72. The molecule has 15 heavy (non-hydrogen) atoms. The molecule has 2 heterocycles. The van der Waals surface area contributed by atoms with Gasteiger partial charge in [0.15, 0.2) is 5.13 Å². The molecule has 84 valence electrons. The maximum absolute atomic E-state index is 10.5. The molecule has 0 aromatic carbocycles. The molecule has 1 aromatic rings. The zero-order chi connectivity index (χ0) is 11.1. The molecule has 2 atom stereocenters. The van der Waals surface area contributed by atoms with E-state index in [1.165, 1.54) is 11.3 Å². The lowest BCUT2D eigenvalue weighted by Crippen LogP contribution is -2.40. The fourth-order valence-electron chi connectivity index (χ4n) is 2.23. The predicted molar refractivity (Wildman–Crippen MR) is 59.7 cm³/mol. The normalized spacial score (nSPS) is 36.7. The van der Waals surface area contributed by atoms with Crippen LogP contribution in [-0.2, 0) is 10.3 Å². The highest BCUT2D eigenvalue weighted by molar-refractivity contribution is 7.15. The van der Waals surface area contributed by atoms with Crippen LogP contribution in [0.2, 0.25) is 0 Å². The number of aliphatic hydroxyl groups is 1. The van der Waals surface area contributed by atoms with Crippen molar-refractivity contribution in [2.24, 2.45) is 0 Å². The van der Waals surface area contributed by atoms with Crippen LogP contribution in [0.5, 0.6) is 0 Å². The molecule has 0 saturated carbocycles. The van der Waals surface area contributed by atoms with Crippen molar-refractivity contribution in [2.45, 2.75) is 44.5 Å². The molecule has 1 fully saturated rings. The Hall–Kier alpha value is -0.650. The molecule has 3 N–H and O–H groups in total. The van der Waals surface area contributed by atoms with E-state index in [1.54, 1.807) is 6.20 Å². The zero-order valence-corrected chi connectivity index (χ0v) is 9.75. The average Bonchev–Trinajstić information content (AvgIpc) is 2.49. The number of thiazole rings is 1. The van der Waals surface area contributed by atoms with E-state index in [0.29, 0.717) is 18.0 Å². The number of nitrogens with zero attached hydrogens (tertiary/aromatic N) is 1. The summed E-state index contributed by atoms with van der Waals surface area (Å²) in [4.78, 5) is 4.83. The van der Waals surface area contributed by atoms with Crippen LogP contribution in [-0.4, -0.2) is 22.3 Å². The second-order valence-corrected chi connectivity index (χ2v) is 5.32. The molecule has 1 aliphatic rings. The van der Waals surface area contributed by atoms with Crippen LogP contribution in [0.1, 0.15) is 31.6 Å². The minimum atomic E-state index is -0.813. The molecular weight excluding hydrogens is 212 g/mol. The van der Waals surface area contributed by atoms with Gasteiger partial charge in [-0.3, -0.25) is 0 Å². The van der Waals surface area contributed by atoms with E-state index in [-0.39, 0.29) is 12.2 Å². The summed E-state index contributed by atoms with van der Waals surface area (Å²) in [7, 11) is 0. The number of rotatable bonds is 1. The third kappa shape index (κ3) is 2.14. The van der Waals surface area contributed by atoms with Gasteiger partial charge in [-0.1, -0.05) is 11.3 Å². The summed E-state index contributed by atoms with van der Waals surface area (Å²) in [6, 6.07) is 0. The Bertz CT molecular complexity index is 343. The number of ether oxygens (including phenoxy) is 1. The maximum Gasteiger partial charge on any atom is 0.180 e. The highest BCUT2D eigenvalue weighted by Crippen LogP contribution is 2.40. The van der Waals surface area contributed by atoms with Crippen LogP contribution in [0, 0.1) is 0 Å². The van der Waals surface area contributed by atoms with Gasteiger partial charge < -0.3 is 15.6 Å². The fourth-order valence-corrected chi connectivity index (χ4v) is 3.02. The summed E-state index contributed by atoms with van der Waals surface area (Å²) in [5.41, 5.74) is 4.77. The number of anilines is 1. The van der Waals surface area contributed by atoms with Gasteiger partial charge in [0.05, 0.1) is 17.1 Å². The van der Waals surface area contributed by atoms with Crippen molar-refractivity contribution in [3.05, 3.63) is 11.1 Å². The highest BCUT2D eigenvalue weighted by Gasteiger charge is 2.39. The van der Waals surface area contributed by atoms with Crippen molar-refractivity contribution in [1.29, 1.82) is 0 Å². The molecule has 4 nitrogen and oxygen atoms in total. The van der Waals surface area contributed by atoms with E-state index in [2.05, 4.69) is 4.98 Å². The second kappa shape index (κ2) is 3.73. The van der Waals surface area contributed by atoms with E-state index >= 15 is 0 Å². The lowest BCUT2D eigenvalue weighted by atomic mass is 9.87. The van der Waals surface area contributed by atoms with Crippen LogP contribution in [0.15, 0.2) is 6.20 Å². The Balaban J connectivity index is 2.25. The Morgan fingerprint density at radius 1 is 1.53 bits per heavy atom. The van der Waals surface area contributed by atoms with E-state index in [0.717, 1.165) is 4.88 Å². The highest BCUT2D eigenvalue weighted by atomic mass is 32.1. The first-order chi connectivity index (χ1) is 6.99. The van der Waals surface area contributed by atoms with Crippen LogP contribution in [0.4, 0.5) is 5.13 Å². The molecule has 1 aliphatic heterocycles. The SMILES string of the molecule is CC1CC(O)(c2cnc(N)s2)CC(C)O1. The molecule has 5 heteroatoms. The van der Waals surface area contributed by atoms with Crippen molar-refractivity contribution in [2.75, 3.05) is 5.73 Å². The molecule has 2 unspecified atom stereocenters. The Morgan fingerprint density at radius 3 is 2.60 bits per heavy atom. The quantitative estimate of drug-likeness (QED) is 0.764. The summed E-state index contributed by atoms with van der Waals surface area (Å²) in [5.74, 6) is 0. The monoisotopic (exact) mass is 228 g/mol. The zero-order valence-electron chi connectivity index (χ0n) is 8.93. The predicted octanol–water partition coefficient (Wildman–Crippen LogP) is 1.50. The number of hydrogen-bond acceptors (Lipinski definition) is 5. The first-order valence-electron chi connectivity index (χ1n) is 5.09. The van der Waals surface area contributed by atoms with E-state index in [1.807, 2.05) is 13.8 Å². The maximum atomic E-state index is 10.5. The van der Waals surface area contributed by atoms with Gasteiger partial charge in [0.1, 0.15) is 5.60 Å². The van der Waals surface area contributed by atoms with Crippen LogP contribution >= 0.6 is 11.3 Å². The first-order valence-corrected chi connectivity index (χ1v) is 5.91. The van der Waals surface area contributed by atoms with E-state index in [9.17, 15) is 5.11 Å². The lowest BCUT2D eigenvalue weighted by Gasteiger charge is -2.38. The summed E-state index contributed by atoms with van der Waals surface area (Å²) in [5, 5.41) is 11.0. The summed E-state index contributed by atoms with van der Waals surface area (Å²) >= 11 is 1.36. The molecule has 0 radical (unpaired) electrons. The molecule has 0 spiro atoms. The van der Waals surface area contributed by atoms with Gasteiger partial charge in [0, 0.05) is 19.0 Å². The molecule has 0 bridgehead atoms. The molecule has 2 rings (SSSR count). The van der Waals surface area contributed by atoms with Gasteiger partial charge in [0.25, 0.3) is 0 Å². The fraction of sp³-hybridized carbons (Fsp3) is 0.700. The average molecular weight is 228 g/mol. The molecule has 0 amide bonds. The van der Waals surface area contributed by atoms with Crippen LogP contribution in [0.25, 0.3) is 0 Å². The Labute approximate surface area is 93.1 Å². The van der Waals surface area contributed by atoms with Gasteiger partial charge in [0.2, 0.25) is 0 Å². The molecule has 1 saturated heterocycles. The number of nitrogen functional groups attached to an aromatic ring is 1. The van der Waals surface area contributed by atoms with Gasteiger partial charge >= 0.3 is 0 Å². The molecular formula is C10H16N2O2S. The minimum absolute atomic E-state index is 0.0714. The number of hydrogen-bond donors (Lipinski definition) is 2. The van der Waals surface area contributed by atoms with Crippen molar-refractivity contribution >= 4 is 16.5 Å². The van der Waals surface area contributed by atoms with Crippen molar-refractivity contribution < 1.29 is 9.84 Å². The second-order valence-electron chi connectivity index (χ2n) is 4.26. The smallest absolute Gasteiger partial charge is 0.180 e. The third-order valence-electron chi connectivity index (χ3n) is 2.70. The lowest BCUT2D eigenvalue weighted by molar-refractivity contribution is -0.134. The van der Waals surface area contributed by atoms with E-state index < -0.39 is 5.60 Å². The number of nitrogens with two attached hydrogens (primary N) is 1. The van der Waals surface area contributed by atoms with Gasteiger partial charge in [-0.25, -0.2) is 4.98 Å². The van der Waals surface area contributed by atoms with E-state index in [4.69, 9.17) is 10.5 Å². The Kier molecular flexibility index (Phi) is 2.70. The van der Waals surface area contributed by atoms with Crippen molar-refractivity contribution in [3.63, 3.8) is 0 Å². The van der Waals surface area contributed by atoms with Crippen LogP contribution < -0.4 is 5.73 Å². The van der Waals surface area contributed by atoms with Crippen LogP contribution in [0.3, 0.4) is 0 Å². The van der Waals surface area contributed by atoms with Crippen molar-refractivity contribution in [3.8, 4) is 0 Å². The molecule has 1 aromatic heterocycles. The molecule has 0 aliphatic carbocycles. The van der Waals surface area contributed by atoms with Crippen molar-refractivity contribution in [1.82, 2.24) is 4.98 Å². The topological polar surface area (TPSA) is 68.4 Å². The van der Waals surface area contributed by atoms with Gasteiger partial charge in [-0.2, -0.15) is 0 Å². The largest absolute Gasteiger partial charge is 0.384 e. The number of aromatic nitrogens is 1. The van der Waals surface area contributed by atoms with Gasteiger partial charge in [-0.15, -0.1) is 0 Å². The summed E-state index contributed by atoms with van der Waals surface area (Å²) < 4.78 is 5.60. The minimum Gasteiger partial charge on any atom is -0.384 e.